The third-order valence-electron chi connectivity index (χ3n) is 7.49. The van der Waals surface area contributed by atoms with Crippen LogP contribution in [0.4, 0.5) is 0 Å². The van der Waals surface area contributed by atoms with Gasteiger partial charge in [0.1, 0.15) is 19.0 Å². The molecule has 2 aliphatic rings. The summed E-state index contributed by atoms with van der Waals surface area (Å²) in [6.07, 6.45) is 44.6. The smallest absolute Gasteiger partial charge is 0.305 e. The zero-order valence-corrected chi connectivity index (χ0v) is 30.6. The largest absolute Gasteiger partial charge is 0.463 e. The van der Waals surface area contributed by atoms with Crippen molar-refractivity contribution in [3.8, 4) is 24.7 Å². The van der Waals surface area contributed by atoms with Gasteiger partial charge in [-0.25, -0.2) is 0 Å². The molecule has 0 spiro atoms. The van der Waals surface area contributed by atoms with Gasteiger partial charge in [0.15, 0.2) is 0 Å². The molecule has 0 aromatic carbocycles. The predicted molar refractivity (Wildman–Crippen MR) is 199 cm³/mol. The average Bonchev–Trinajstić information content (AvgIpc) is 3.63. The van der Waals surface area contributed by atoms with Crippen molar-refractivity contribution in [2.75, 3.05) is 26.9 Å². The highest BCUT2D eigenvalue weighted by Crippen LogP contribution is 2.29. The maximum atomic E-state index is 11.4. The molecule has 1 fully saturated rings. The van der Waals surface area contributed by atoms with E-state index in [1.54, 1.807) is 12.5 Å². The van der Waals surface area contributed by atoms with Crippen LogP contribution in [0, 0.1) is 30.6 Å². The van der Waals surface area contributed by atoms with Crippen molar-refractivity contribution in [2.24, 2.45) is 5.92 Å². The summed E-state index contributed by atoms with van der Waals surface area (Å²) in [5, 5.41) is 16.1. The predicted octanol–water partition coefficient (Wildman–Crippen LogP) is 9.48. The summed E-state index contributed by atoms with van der Waals surface area (Å²) in [5.74, 6) is 5.52. The highest BCUT2D eigenvalue weighted by atomic mass is 16.6. The fourth-order valence-electron chi connectivity index (χ4n) is 4.91. The Bertz CT molecular complexity index is 839. The van der Waals surface area contributed by atoms with Crippen molar-refractivity contribution in [2.45, 2.75) is 155 Å². The summed E-state index contributed by atoms with van der Waals surface area (Å²) in [4.78, 5) is 20.9. The van der Waals surface area contributed by atoms with Gasteiger partial charge in [0.05, 0.1) is 6.61 Å². The van der Waals surface area contributed by atoms with E-state index in [1.807, 2.05) is 13.0 Å². The summed E-state index contributed by atoms with van der Waals surface area (Å²) < 4.78 is 10.5. The van der Waals surface area contributed by atoms with Crippen molar-refractivity contribution >= 4 is 12.3 Å². The Labute approximate surface area is 289 Å². The zero-order valence-electron chi connectivity index (χ0n) is 30.6. The van der Waals surface area contributed by atoms with Gasteiger partial charge in [-0.3, -0.25) is 4.79 Å². The number of unbranched alkanes of at least 4 members (excludes halogenated alkanes) is 7. The zero-order chi connectivity index (χ0) is 35.6. The normalized spacial score (nSPS) is 13.8. The van der Waals surface area contributed by atoms with Crippen LogP contribution < -0.4 is 0 Å². The maximum absolute atomic E-state index is 11.4. The van der Waals surface area contributed by atoms with Crippen LogP contribution in [-0.2, 0) is 19.1 Å². The highest BCUT2D eigenvalue weighted by molar-refractivity contribution is 5.69. The molecule has 47 heavy (non-hydrogen) atoms. The van der Waals surface area contributed by atoms with Gasteiger partial charge in [-0.05, 0) is 77.6 Å². The number of carbonyl (C=O) groups excluding carboxylic acids is 2. The van der Waals surface area contributed by atoms with Crippen molar-refractivity contribution < 1.29 is 29.3 Å². The first-order chi connectivity index (χ1) is 23.0. The number of hydrogen-bond donors (Lipinski definition) is 2. The van der Waals surface area contributed by atoms with E-state index >= 15 is 0 Å². The number of rotatable bonds is 21. The quantitative estimate of drug-likeness (QED) is 0.0420. The van der Waals surface area contributed by atoms with Gasteiger partial charge < -0.3 is 24.5 Å². The second-order valence-electron chi connectivity index (χ2n) is 11.6. The maximum Gasteiger partial charge on any atom is 0.305 e. The molecule has 0 saturated heterocycles. The molecule has 0 bridgehead atoms. The van der Waals surface area contributed by atoms with Crippen LogP contribution in [0.1, 0.15) is 149 Å². The van der Waals surface area contributed by atoms with Gasteiger partial charge in [0.2, 0.25) is 0 Å². The first-order valence-electron chi connectivity index (χ1n) is 18.1. The van der Waals surface area contributed by atoms with E-state index in [0.717, 1.165) is 57.8 Å². The summed E-state index contributed by atoms with van der Waals surface area (Å²) in [7, 11) is 1.00. The molecule has 6 nitrogen and oxygen atoms in total. The van der Waals surface area contributed by atoms with E-state index < -0.39 is 6.10 Å². The Balaban J connectivity index is -0.000000634. The minimum absolute atomic E-state index is 0.0975. The third kappa shape index (κ3) is 39.5. The number of aldehydes is 1. The number of ether oxygens (including phenoxy) is 2. The van der Waals surface area contributed by atoms with Crippen LogP contribution in [0.2, 0.25) is 0 Å². The number of allylic oxidation sites excluding steroid dienone is 6. The Morgan fingerprint density at radius 1 is 1.04 bits per heavy atom. The lowest BCUT2D eigenvalue weighted by Gasteiger charge is -2.15. The minimum atomic E-state index is -0.437. The van der Waals surface area contributed by atoms with E-state index in [-0.39, 0.29) is 19.2 Å². The molecule has 1 saturated carbocycles. The molecule has 2 N–H and O–H groups in total. The Morgan fingerprint density at radius 2 is 1.77 bits per heavy atom. The van der Waals surface area contributed by atoms with Crippen LogP contribution in [-0.4, -0.2) is 55.5 Å². The summed E-state index contributed by atoms with van der Waals surface area (Å²) in [6, 6.07) is 0. The highest BCUT2D eigenvalue weighted by Gasteiger charge is 2.14. The number of carbonyl (C=O) groups is 2. The summed E-state index contributed by atoms with van der Waals surface area (Å²) >= 11 is 0. The molecule has 2 rings (SSSR count). The average molecular weight is 659 g/mol. The van der Waals surface area contributed by atoms with Gasteiger partial charge in [0.25, 0.3) is 0 Å². The fraction of sp³-hybridized carbons (Fsp3) is 0.707. The van der Waals surface area contributed by atoms with E-state index in [2.05, 4.69) is 49.5 Å². The molecule has 0 aromatic rings. The van der Waals surface area contributed by atoms with Crippen molar-refractivity contribution in [3.63, 3.8) is 0 Å². The number of terminal acetylenes is 2. The standard InChI is InChI=1S/C16H26O4.C16H26.C5H10O.C3H4.CH4O/c1-3-5-7-8-10-12-19-15(13-17)14-20-16(18)11-9-6-4-2;1-3-9-15(10-4-1)11-5-2-6-12-16-13-7-8-14-16;1-2-3-4-5-6;1-3-2;1-2/h2-3,5,15,17H,6-14H2,1H3;3,9-10,16H,1-2,4-8,11-14H2;5H,2-4H2,1H3;1H,2H3;2H,1H3/b5-3-;;;;. The number of esters is 1. The SMILES string of the molecule is C#CC.C#CCCCC(=O)OCC(CO)OCCCC/C=C\C.C1=CC(CCCCCC2CCCC2)=CCC1.CCCCC=O.CO. The molecular formula is C41H70O6. The topological polar surface area (TPSA) is 93.1 Å². The Kier molecular flexibility index (Phi) is 45.0. The molecule has 0 aromatic heterocycles. The van der Waals surface area contributed by atoms with Gasteiger partial charge in [-0.1, -0.05) is 94.2 Å². The van der Waals surface area contributed by atoms with Crippen molar-refractivity contribution in [1.82, 2.24) is 0 Å². The van der Waals surface area contributed by atoms with E-state index in [9.17, 15) is 9.59 Å². The molecule has 6 heteroatoms. The number of hydrogen-bond acceptors (Lipinski definition) is 6. The van der Waals surface area contributed by atoms with Crippen molar-refractivity contribution in [1.29, 1.82) is 0 Å². The first-order valence-corrected chi connectivity index (χ1v) is 18.1. The molecule has 0 radical (unpaired) electrons. The Morgan fingerprint density at radius 3 is 2.32 bits per heavy atom. The van der Waals surface area contributed by atoms with Gasteiger partial charge in [-0.15, -0.1) is 24.7 Å². The monoisotopic (exact) mass is 659 g/mol. The molecule has 0 aliphatic heterocycles. The summed E-state index contributed by atoms with van der Waals surface area (Å²) in [6.45, 7) is 6.24. The number of aliphatic hydroxyl groups is 2. The fourth-order valence-corrected chi connectivity index (χ4v) is 4.91. The van der Waals surface area contributed by atoms with Crippen LogP contribution in [0.15, 0.2) is 36.0 Å². The van der Waals surface area contributed by atoms with Gasteiger partial charge in [0, 0.05) is 33.0 Å². The second-order valence-corrected chi connectivity index (χ2v) is 11.6. The molecular weight excluding hydrogens is 588 g/mol. The van der Waals surface area contributed by atoms with E-state index in [1.165, 1.54) is 70.6 Å². The van der Waals surface area contributed by atoms with E-state index in [0.29, 0.717) is 25.9 Å². The molecule has 0 amide bonds. The van der Waals surface area contributed by atoms with Gasteiger partial charge in [-0.2, -0.15) is 0 Å². The lowest BCUT2D eigenvalue weighted by atomic mass is 9.97. The van der Waals surface area contributed by atoms with Crippen LogP contribution in [0.25, 0.3) is 0 Å². The molecule has 1 atom stereocenters. The lowest BCUT2D eigenvalue weighted by molar-refractivity contribution is -0.149. The first kappa shape index (κ1) is 48.8. The molecule has 2 aliphatic carbocycles. The number of aliphatic hydroxyl groups excluding tert-OH is 2. The summed E-state index contributed by atoms with van der Waals surface area (Å²) in [5.41, 5.74) is 1.59. The second kappa shape index (κ2) is 43.4. The third-order valence-corrected chi connectivity index (χ3v) is 7.49. The lowest BCUT2D eigenvalue weighted by Crippen LogP contribution is -2.26. The molecule has 1 unspecified atom stereocenters. The molecule has 0 heterocycles. The van der Waals surface area contributed by atoms with Crippen molar-refractivity contribution in [3.05, 3.63) is 36.0 Å². The Hall–Kier alpha value is -2.64. The van der Waals surface area contributed by atoms with Crippen LogP contribution in [0.3, 0.4) is 0 Å². The van der Waals surface area contributed by atoms with E-state index in [4.69, 9.17) is 26.1 Å². The van der Waals surface area contributed by atoms with Crippen LogP contribution >= 0.6 is 0 Å². The van der Waals surface area contributed by atoms with Gasteiger partial charge >= 0.3 is 5.97 Å². The minimum Gasteiger partial charge on any atom is -0.463 e. The van der Waals surface area contributed by atoms with Crippen LogP contribution in [0.5, 0.6) is 0 Å². The molecule has 270 valence electrons.